The largest absolute Gasteiger partial charge is 0.573 e. The number of hydrogen-bond acceptors (Lipinski definition) is 3. The Kier molecular flexibility index (Phi) is 4.72. The molecule has 22 heavy (non-hydrogen) atoms. The second-order valence-electron chi connectivity index (χ2n) is 4.14. The summed E-state index contributed by atoms with van der Waals surface area (Å²) in [5.41, 5.74) is 5.92. The maximum absolute atomic E-state index is 12.0. The minimum Gasteiger partial charge on any atom is -0.406 e. The Bertz CT molecular complexity index is 615. The van der Waals surface area contributed by atoms with E-state index in [-0.39, 0.29) is 5.75 Å². The van der Waals surface area contributed by atoms with Crippen molar-refractivity contribution in [2.45, 2.75) is 6.36 Å². The van der Waals surface area contributed by atoms with Gasteiger partial charge in [0, 0.05) is 5.69 Å². The van der Waals surface area contributed by atoms with E-state index in [1.807, 2.05) is 6.07 Å². The van der Waals surface area contributed by atoms with Gasteiger partial charge in [-0.25, -0.2) is 4.79 Å². The molecule has 3 N–H and O–H groups in total. The molecule has 2 amide bonds. The first kappa shape index (κ1) is 15.5. The summed E-state index contributed by atoms with van der Waals surface area (Å²) < 4.78 is 39.7. The Balaban J connectivity index is 1.83. The van der Waals surface area contributed by atoms with Crippen LogP contribution in [-0.4, -0.2) is 12.4 Å². The van der Waals surface area contributed by atoms with Crippen molar-refractivity contribution in [1.29, 1.82) is 0 Å². The molecule has 0 saturated carbocycles. The number of carbonyl (C=O) groups is 1. The summed E-state index contributed by atoms with van der Waals surface area (Å²) in [6.07, 6.45) is -4.73. The van der Waals surface area contributed by atoms with Gasteiger partial charge in [0.15, 0.2) is 0 Å². The lowest BCUT2D eigenvalue weighted by Crippen LogP contribution is -2.33. The summed E-state index contributed by atoms with van der Waals surface area (Å²) in [6.45, 7) is 0. The summed E-state index contributed by atoms with van der Waals surface area (Å²) in [7, 11) is 0. The maximum Gasteiger partial charge on any atom is 0.573 e. The molecule has 0 radical (unpaired) electrons. The van der Waals surface area contributed by atoms with Crippen molar-refractivity contribution in [3.8, 4) is 5.75 Å². The summed E-state index contributed by atoms with van der Waals surface area (Å²) >= 11 is 0. The Morgan fingerprint density at radius 3 is 2.14 bits per heavy atom. The molecule has 0 fully saturated rings. The molecule has 0 saturated heterocycles. The molecular weight excluding hydrogens is 299 g/mol. The summed E-state index contributed by atoms with van der Waals surface area (Å²) in [4.78, 5) is 11.6. The predicted octanol–water partition coefficient (Wildman–Crippen LogP) is 3.73. The van der Waals surface area contributed by atoms with E-state index < -0.39 is 12.4 Å². The van der Waals surface area contributed by atoms with E-state index in [0.717, 1.165) is 12.1 Å². The zero-order valence-corrected chi connectivity index (χ0v) is 11.1. The molecular formula is C14H12F3N3O2. The van der Waals surface area contributed by atoms with E-state index in [2.05, 4.69) is 20.9 Å². The van der Waals surface area contributed by atoms with Crippen LogP contribution in [-0.2, 0) is 0 Å². The van der Waals surface area contributed by atoms with Crippen LogP contribution < -0.4 is 20.9 Å². The lowest BCUT2D eigenvalue weighted by Gasteiger charge is -2.11. The third-order valence-corrected chi connectivity index (χ3v) is 2.44. The fraction of sp³-hybridized carbons (Fsp3) is 0.0714. The van der Waals surface area contributed by atoms with E-state index >= 15 is 0 Å². The average Bonchev–Trinajstić information content (AvgIpc) is 2.46. The molecule has 0 aliphatic heterocycles. The quantitative estimate of drug-likeness (QED) is 0.754. The molecule has 116 valence electrons. The molecule has 0 spiro atoms. The number of urea groups is 1. The van der Waals surface area contributed by atoms with Gasteiger partial charge in [0.05, 0.1) is 5.69 Å². The monoisotopic (exact) mass is 311 g/mol. The number of alkyl halides is 3. The van der Waals surface area contributed by atoms with Crippen LogP contribution in [0.5, 0.6) is 5.75 Å². The molecule has 2 rings (SSSR count). The summed E-state index contributed by atoms with van der Waals surface area (Å²) in [5.74, 6) is -0.341. The fourth-order valence-electron chi connectivity index (χ4n) is 1.55. The molecule has 0 heterocycles. The van der Waals surface area contributed by atoms with Gasteiger partial charge in [-0.15, -0.1) is 13.2 Å². The standard InChI is InChI=1S/C14H12F3N3O2/c15-14(16,17)22-12-8-6-11(7-9-12)19-20-13(21)18-10-4-2-1-3-5-10/h1-9,19H,(H2,18,20,21). The van der Waals surface area contributed by atoms with Gasteiger partial charge in [0.2, 0.25) is 0 Å². The summed E-state index contributed by atoms with van der Waals surface area (Å²) in [5, 5.41) is 2.57. The minimum absolute atomic E-state index is 0.341. The summed E-state index contributed by atoms with van der Waals surface area (Å²) in [6, 6.07) is 13.2. The zero-order valence-electron chi connectivity index (χ0n) is 11.1. The van der Waals surface area contributed by atoms with Crippen LogP contribution in [0.25, 0.3) is 0 Å². The third-order valence-electron chi connectivity index (χ3n) is 2.44. The molecule has 0 atom stereocenters. The second kappa shape index (κ2) is 6.70. The van der Waals surface area contributed by atoms with E-state index in [1.54, 1.807) is 24.3 Å². The Labute approximate surface area is 124 Å². The predicted molar refractivity (Wildman–Crippen MR) is 75.3 cm³/mol. The van der Waals surface area contributed by atoms with Gasteiger partial charge in [0.25, 0.3) is 0 Å². The number of halogens is 3. The Morgan fingerprint density at radius 2 is 1.55 bits per heavy atom. The van der Waals surface area contributed by atoms with Crippen LogP contribution in [0, 0.1) is 0 Å². The smallest absolute Gasteiger partial charge is 0.406 e. The number of anilines is 2. The molecule has 2 aromatic carbocycles. The number of amides is 2. The number of hydrogen-bond donors (Lipinski definition) is 3. The van der Waals surface area contributed by atoms with Crippen LogP contribution in [0.15, 0.2) is 54.6 Å². The number of ether oxygens (including phenoxy) is 1. The lowest BCUT2D eigenvalue weighted by molar-refractivity contribution is -0.274. The van der Waals surface area contributed by atoms with Gasteiger partial charge >= 0.3 is 12.4 Å². The van der Waals surface area contributed by atoms with Crippen LogP contribution in [0.4, 0.5) is 29.3 Å². The number of hydrazine groups is 1. The van der Waals surface area contributed by atoms with Crippen molar-refractivity contribution in [2.24, 2.45) is 0 Å². The first-order valence-electron chi connectivity index (χ1n) is 6.16. The number of nitrogens with one attached hydrogen (secondary N) is 3. The van der Waals surface area contributed by atoms with E-state index in [9.17, 15) is 18.0 Å². The van der Waals surface area contributed by atoms with Crippen molar-refractivity contribution in [2.75, 3.05) is 10.7 Å². The van der Waals surface area contributed by atoms with Crippen LogP contribution >= 0.6 is 0 Å². The maximum atomic E-state index is 12.0. The SMILES string of the molecule is O=C(NNc1ccc(OC(F)(F)F)cc1)Nc1ccccc1. The van der Waals surface area contributed by atoms with Gasteiger partial charge in [-0.1, -0.05) is 18.2 Å². The molecule has 2 aromatic rings. The number of para-hydroxylation sites is 1. The van der Waals surface area contributed by atoms with Gasteiger partial charge in [-0.3, -0.25) is 10.9 Å². The van der Waals surface area contributed by atoms with Crippen LogP contribution in [0.1, 0.15) is 0 Å². The van der Waals surface area contributed by atoms with E-state index in [0.29, 0.717) is 11.4 Å². The minimum atomic E-state index is -4.73. The van der Waals surface area contributed by atoms with Crippen molar-refractivity contribution in [1.82, 2.24) is 5.43 Å². The zero-order chi connectivity index (χ0) is 16.0. The molecule has 0 aromatic heterocycles. The van der Waals surface area contributed by atoms with Crippen molar-refractivity contribution in [3.05, 3.63) is 54.6 Å². The third kappa shape index (κ3) is 5.23. The highest BCUT2D eigenvalue weighted by Crippen LogP contribution is 2.23. The van der Waals surface area contributed by atoms with Gasteiger partial charge in [0.1, 0.15) is 5.75 Å². The van der Waals surface area contributed by atoms with Crippen molar-refractivity contribution < 1.29 is 22.7 Å². The molecule has 8 heteroatoms. The van der Waals surface area contributed by atoms with E-state index in [4.69, 9.17) is 0 Å². The fourth-order valence-corrected chi connectivity index (χ4v) is 1.55. The molecule has 0 unspecified atom stereocenters. The highest BCUT2D eigenvalue weighted by Gasteiger charge is 2.30. The van der Waals surface area contributed by atoms with Gasteiger partial charge in [-0.05, 0) is 36.4 Å². The first-order valence-corrected chi connectivity index (χ1v) is 6.16. The van der Waals surface area contributed by atoms with Gasteiger partial charge < -0.3 is 10.1 Å². The molecule has 0 bridgehead atoms. The van der Waals surface area contributed by atoms with Gasteiger partial charge in [-0.2, -0.15) is 0 Å². The van der Waals surface area contributed by atoms with Crippen molar-refractivity contribution in [3.63, 3.8) is 0 Å². The second-order valence-corrected chi connectivity index (χ2v) is 4.14. The van der Waals surface area contributed by atoms with Crippen LogP contribution in [0.2, 0.25) is 0 Å². The normalized spacial score (nSPS) is 10.7. The van der Waals surface area contributed by atoms with Crippen LogP contribution in [0.3, 0.4) is 0 Å². The number of benzene rings is 2. The first-order chi connectivity index (χ1) is 10.4. The van der Waals surface area contributed by atoms with E-state index in [1.165, 1.54) is 12.1 Å². The molecule has 5 nitrogen and oxygen atoms in total. The highest BCUT2D eigenvalue weighted by molar-refractivity contribution is 5.89. The molecule has 0 aliphatic carbocycles. The highest BCUT2D eigenvalue weighted by atomic mass is 19.4. The number of carbonyl (C=O) groups excluding carboxylic acids is 1. The number of rotatable bonds is 4. The average molecular weight is 311 g/mol. The Hall–Kier alpha value is -2.90. The molecule has 0 aliphatic rings. The lowest BCUT2D eigenvalue weighted by atomic mass is 10.3. The topological polar surface area (TPSA) is 62.4 Å². The van der Waals surface area contributed by atoms with Crippen molar-refractivity contribution >= 4 is 17.4 Å². The Morgan fingerprint density at radius 1 is 0.909 bits per heavy atom.